The van der Waals surface area contributed by atoms with Gasteiger partial charge in [0, 0.05) is 9.85 Å². The Labute approximate surface area is 130 Å². The van der Waals surface area contributed by atoms with Crippen molar-refractivity contribution in [2.24, 2.45) is 0 Å². The molecule has 0 fully saturated rings. The molecule has 0 aliphatic rings. The van der Waals surface area contributed by atoms with Crippen molar-refractivity contribution in [2.45, 2.75) is 11.2 Å². The topological polar surface area (TPSA) is 0 Å². The molecular weight excluding hydrogens is 354 g/mol. The molecule has 0 bridgehead atoms. The van der Waals surface area contributed by atoms with Crippen molar-refractivity contribution in [3.8, 4) is 0 Å². The highest BCUT2D eigenvalue weighted by Gasteiger charge is 2.10. The van der Waals surface area contributed by atoms with Gasteiger partial charge in [-0.05, 0) is 41.8 Å². The lowest BCUT2D eigenvalue weighted by Gasteiger charge is -2.11. The van der Waals surface area contributed by atoms with Gasteiger partial charge in [-0.15, -0.1) is 0 Å². The minimum Gasteiger partial charge on any atom is -0.0843 e. The van der Waals surface area contributed by atoms with Gasteiger partial charge < -0.3 is 0 Å². The quantitative estimate of drug-likeness (QED) is 0.559. The van der Waals surface area contributed by atoms with Crippen molar-refractivity contribution in [3.63, 3.8) is 0 Å². The van der Waals surface area contributed by atoms with Crippen LogP contribution in [0.2, 0.25) is 15.1 Å². The molecule has 2 aromatic rings. The molecule has 1 atom stereocenters. The number of hydrogen-bond donors (Lipinski definition) is 0. The Balaban J connectivity index is 2.16. The first kappa shape index (κ1) is 14.2. The molecule has 0 amide bonds. The summed E-state index contributed by atoms with van der Waals surface area (Å²) in [7, 11) is 0. The van der Waals surface area contributed by atoms with E-state index < -0.39 is 0 Å². The van der Waals surface area contributed by atoms with Crippen LogP contribution in [0.15, 0.2) is 42.5 Å². The number of hydrogen-bond acceptors (Lipinski definition) is 0. The summed E-state index contributed by atoms with van der Waals surface area (Å²) >= 11 is 21.5. The van der Waals surface area contributed by atoms with Crippen LogP contribution < -0.4 is 0 Å². The van der Waals surface area contributed by atoms with Crippen molar-refractivity contribution in [1.29, 1.82) is 0 Å². The SMILES string of the molecule is Clc1cccc(CC(Br)c2ccc(Cl)c(Cl)c2)c1. The Kier molecular flexibility index (Phi) is 4.97. The highest BCUT2D eigenvalue weighted by Crippen LogP contribution is 2.32. The third-order valence-corrected chi connectivity index (χ3v) is 4.44. The molecule has 0 nitrogen and oxygen atoms in total. The smallest absolute Gasteiger partial charge is 0.0595 e. The number of halogens is 4. The summed E-state index contributed by atoms with van der Waals surface area (Å²) < 4.78 is 0. The molecule has 0 aromatic heterocycles. The summed E-state index contributed by atoms with van der Waals surface area (Å²) in [4.78, 5) is 0.186. The summed E-state index contributed by atoms with van der Waals surface area (Å²) in [6.07, 6.45) is 0.846. The van der Waals surface area contributed by atoms with Crippen molar-refractivity contribution >= 4 is 50.7 Å². The molecular formula is C14H10BrCl3. The minimum absolute atomic E-state index is 0.186. The first-order valence-electron chi connectivity index (χ1n) is 5.40. The number of benzene rings is 2. The Hall–Kier alpha value is -0.210. The summed E-state index contributed by atoms with van der Waals surface area (Å²) in [5.41, 5.74) is 2.28. The number of rotatable bonds is 3. The molecule has 1 unspecified atom stereocenters. The van der Waals surface area contributed by atoms with Gasteiger partial charge in [-0.1, -0.05) is 68.9 Å². The van der Waals surface area contributed by atoms with Gasteiger partial charge in [0.15, 0.2) is 0 Å². The molecule has 0 radical (unpaired) electrons. The highest BCUT2D eigenvalue weighted by atomic mass is 79.9. The van der Waals surface area contributed by atoms with E-state index in [1.165, 1.54) is 5.56 Å². The van der Waals surface area contributed by atoms with Crippen LogP contribution in [-0.4, -0.2) is 0 Å². The second kappa shape index (κ2) is 6.29. The summed E-state index contributed by atoms with van der Waals surface area (Å²) in [5.74, 6) is 0. The maximum Gasteiger partial charge on any atom is 0.0595 e. The van der Waals surface area contributed by atoms with Gasteiger partial charge in [0.05, 0.1) is 10.0 Å². The molecule has 0 saturated carbocycles. The Morgan fingerprint density at radius 3 is 2.39 bits per heavy atom. The van der Waals surface area contributed by atoms with Gasteiger partial charge >= 0.3 is 0 Å². The van der Waals surface area contributed by atoms with Crippen molar-refractivity contribution in [1.82, 2.24) is 0 Å². The maximum absolute atomic E-state index is 6.01. The summed E-state index contributed by atoms with van der Waals surface area (Å²) in [6.45, 7) is 0. The van der Waals surface area contributed by atoms with Gasteiger partial charge in [-0.2, -0.15) is 0 Å². The number of alkyl halides is 1. The fourth-order valence-electron chi connectivity index (χ4n) is 1.70. The van der Waals surface area contributed by atoms with Gasteiger partial charge in [0.2, 0.25) is 0 Å². The van der Waals surface area contributed by atoms with E-state index in [0.717, 1.165) is 17.0 Å². The molecule has 18 heavy (non-hydrogen) atoms. The van der Waals surface area contributed by atoms with Crippen LogP contribution in [-0.2, 0) is 6.42 Å². The van der Waals surface area contributed by atoms with Crippen molar-refractivity contribution in [3.05, 3.63) is 68.7 Å². The van der Waals surface area contributed by atoms with E-state index in [9.17, 15) is 0 Å². The zero-order chi connectivity index (χ0) is 13.1. The molecule has 0 saturated heterocycles. The standard InChI is InChI=1S/C14H10BrCl3/c15-12(7-9-2-1-3-11(16)6-9)10-4-5-13(17)14(18)8-10/h1-6,8,12H,7H2. The third-order valence-electron chi connectivity index (χ3n) is 2.61. The molecule has 2 rings (SSSR count). The van der Waals surface area contributed by atoms with E-state index >= 15 is 0 Å². The predicted molar refractivity (Wildman–Crippen MR) is 83.3 cm³/mol. The Morgan fingerprint density at radius 1 is 0.944 bits per heavy atom. The molecule has 0 aliphatic carbocycles. The fraction of sp³-hybridized carbons (Fsp3) is 0.143. The molecule has 0 N–H and O–H groups in total. The Bertz CT molecular complexity index is 554. The lowest BCUT2D eigenvalue weighted by Crippen LogP contribution is -1.95. The van der Waals surface area contributed by atoms with Crippen LogP contribution in [0, 0.1) is 0 Å². The average Bonchev–Trinajstić information content (AvgIpc) is 2.32. The molecule has 0 heterocycles. The second-order valence-electron chi connectivity index (χ2n) is 3.98. The predicted octanol–water partition coefficient (Wildman–Crippen LogP) is 6.33. The van der Waals surface area contributed by atoms with Crippen LogP contribution in [0.3, 0.4) is 0 Å². The summed E-state index contributed by atoms with van der Waals surface area (Å²) in [5, 5.41) is 1.90. The molecule has 0 aliphatic heterocycles. The van der Waals surface area contributed by atoms with E-state index in [4.69, 9.17) is 34.8 Å². The van der Waals surface area contributed by atoms with E-state index in [2.05, 4.69) is 22.0 Å². The fourth-order valence-corrected chi connectivity index (χ4v) is 2.87. The van der Waals surface area contributed by atoms with Crippen molar-refractivity contribution in [2.75, 3.05) is 0 Å². The highest BCUT2D eigenvalue weighted by molar-refractivity contribution is 9.09. The van der Waals surface area contributed by atoms with Crippen LogP contribution in [0.4, 0.5) is 0 Å². The Morgan fingerprint density at radius 2 is 1.72 bits per heavy atom. The van der Waals surface area contributed by atoms with Crippen molar-refractivity contribution < 1.29 is 0 Å². The van der Waals surface area contributed by atoms with E-state index in [-0.39, 0.29) is 4.83 Å². The molecule has 94 valence electrons. The molecule has 4 heteroatoms. The molecule has 0 spiro atoms. The maximum atomic E-state index is 6.01. The minimum atomic E-state index is 0.186. The largest absolute Gasteiger partial charge is 0.0843 e. The van der Waals surface area contributed by atoms with E-state index in [0.29, 0.717) is 10.0 Å². The van der Waals surface area contributed by atoms with Crippen LogP contribution in [0.25, 0.3) is 0 Å². The van der Waals surface area contributed by atoms with E-state index in [1.54, 1.807) is 0 Å². The van der Waals surface area contributed by atoms with Gasteiger partial charge in [-0.3, -0.25) is 0 Å². The van der Waals surface area contributed by atoms with Gasteiger partial charge in [0.1, 0.15) is 0 Å². The second-order valence-corrected chi connectivity index (χ2v) is 6.33. The zero-order valence-corrected chi connectivity index (χ0v) is 13.2. The lowest BCUT2D eigenvalue weighted by atomic mass is 10.0. The first-order valence-corrected chi connectivity index (χ1v) is 7.44. The third kappa shape index (κ3) is 3.64. The normalized spacial score (nSPS) is 12.4. The van der Waals surface area contributed by atoms with Gasteiger partial charge in [-0.25, -0.2) is 0 Å². The van der Waals surface area contributed by atoms with Gasteiger partial charge in [0.25, 0.3) is 0 Å². The average molecular weight is 364 g/mol. The first-order chi connectivity index (χ1) is 8.56. The summed E-state index contributed by atoms with van der Waals surface area (Å²) in [6, 6.07) is 13.5. The van der Waals surface area contributed by atoms with E-state index in [1.807, 2.05) is 36.4 Å². The van der Waals surface area contributed by atoms with Crippen LogP contribution >= 0.6 is 50.7 Å². The molecule has 2 aromatic carbocycles. The monoisotopic (exact) mass is 362 g/mol. The van der Waals surface area contributed by atoms with Crippen LogP contribution in [0.5, 0.6) is 0 Å². The zero-order valence-electron chi connectivity index (χ0n) is 9.34. The lowest BCUT2D eigenvalue weighted by molar-refractivity contribution is 0.949. The van der Waals surface area contributed by atoms with Crippen LogP contribution in [0.1, 0.15) is 16.0 Å².